The highest BCUT2D eigenvalue weighted by Gasteiger charge is 2.32. The van der Waals surface area contributed by atoms with Gasteiger partial charge in [-0.2, -0.15) is 4.37 Å². The first-order chi connectivity index (χ1) is 13.4. The van der Waals surface area contributed by atoms with Gasteiger partial charge in [-0.15, -0.1) is 10.2 Å². The summed E-state index contributed by atoms with van der Waals surface area (Å²) in [7, 11) is 0. The second kappa shape index (κ2) is 7.40. The fraction of sp³-hybridized carbons (Fsp3) is 0.278. The van der Waals surface area contributed by atoms with E-state index in [1.54, 1.807) is 17.9 Å². The first kappa shape index (κ1) is 18.7. The highest BCUT2D eigenvalue weighted by atomic mass is 35.5. The van der Waals surface area contributed by atoms with Crippen molar-refractivity contribution in [3.8, 4) is 10.8 Å². The van der Waals surface area contributed by atoms with Crippen molar-refractivity contribution in [2.75, 3.05) is 6.54 Å². The van der Waals surface area contributed by atoms with Crippen LogP contribution in [0.5, 0.6) is 0 Å². The molecule has 0 radical (unpaired) electrons. The Hall–Kier alpha value is -2.65. The molecule has 0 saturated carbocycles. The van der Waals surface area contributed by atoms with Gasteiger partial charge in [0.05, 0.1) is 6.04 Å². The molecule has 1 aliphatic rings. The minimum atomic E-state index is -0.372. The molecule has 0 unspecified atom stereocenters. The van der Waals surface area contributed by atoms with E-state index in [1.807, 2.05) is 11.5 Å². The average molecular weight is 419 g/mol. The third-order valence-electron chi connectivity index (χ3n) is 4.50. The lowest BCUT2D eigenvalue weighted by Crippen LogP contribution is -2.41. The van der Waals surface area contributed by atoms with Gasteiger partial charge in [0.2, 0.25) is 0 Å². The molecule has 2 aromatic heterocycles. The number of benzene rings is 1. The van der Waals surface area contributed by atoms with Crippen LogP contribution in [-0.2, 0) is 6.54 Å². The number of hydrogen-bond acceptors (Lipinski definition) is 6. The number of halogens is 2. The minimum Gasteiger partial charge on any atom is -0.327 e. The zero-order chi connectivity index (χ0) is 19.8. The third kappa shape index (κ3) is 3.43. The summed E-state index contributed by atoms with van der Waals surface area (Å²) < 4.78 is 19.4. The second-order valence-corrected chi connectivity index (χ2v) is 7.75. The highest BCUT2D eigenvalue weighted by molar-refractivity contribution is 7.09. The molecule has 28 heavy (non-hydrogen) atoms. The van der Waals surface area contributed by atoms with Gasteiger partial charge in [-0.25, -0.2) is 9.37 Å². The Bertz CT molecular complexity index is 1060. The third-order valence-corrected chi connectivity index (χ3v) is 5.33. The van der Waals surface area contributed by atoms with Crippen molar-refractivity contribution < 1.29 is 9.18 Å². The van der Waals surface area contributed by atoms with Crippen molar-refractivity contribution >= 4 is 35.1 Å². The topological polar surface area (TPSA) is 76.8 Å². The Balaban J connectivity index is 1.61. The van der Waals surface area contributed by atoms with Crippen LogP contribution in [0.2, 0.25) is 0 Å². The normalized spacial score (nSPS) is 16.9. The van der Waals surface area contributed by atoms with Gasteiger partial charge in [0.25, 0.3) is 5.91 Å². The van der Waals surface area contributed by atoms with Gasteiger partial charge in [-0.3, -0.25) is 4.79 Å². The number of aromatic nitrogens is 5. The molecule has 3 heterocycles. The van der Waals surface area contributed by atoms with Crippen molar-refractivity contribution in [2.45, 2.75) is 26.4 Å². The van der Waals surface area contributed by atoms with Crippen LogP contribution in [0.15, 0.2) is 29.3 Å². The van der Waals surface area contributed by atoms with Crippen molar-refractivity contribution in [1.29, 1.82) is 0 Å². The summed E-state index contributed by atoms with van der Waals surface area (Å²) in [6, 6.07) is 5.28. The first-order valence-corrected chi connectivity index (χ1v) is 9.76. The van der Waals surface area contributed by atoms with Crippen LogP contribution in [0.4, 0.5) is 4.39 Å². The highest BCUT2D eigenvalue weighted by Crippen LogP contribution is 2.30. The molecule has 0 aliphatic carbocycles. The number of hydrogen-bond donors (Lipinski definition) is 0. The molecule has 0 N–H and O–H groups in total. The molecule has 0 bridgehead atoms. The van der Waals surface area contributed by atoms with E-state index >= 15 is 0 Å². The average Bonchev–Trinajstić information content (AvgIpc) is 3.28. The van der Waals surface area contributed by atoms with E-state index in [2.05, 4.69) is 19.6 Å². The van der Waals surface area contributed by atoms with Crippen LogP contribution in [-0.4, -0.2) is 41.5 Å². The zero-order valence-electron chi connectivity index (χ0n) is 15.1. The van der Waals surface area contributed by atoms with Crippen LogP contribution in [0.25, 0.3) is 16.9 Å². The van der Waals surface area contributed by atoms with E-state index in [9.17, 15) is 9.18 Å². The van der Waals surface area contributed by atoms with Gasteiger partial charge in [0.1, 0.15) is 5.82 Å². The Morgan fingerprint density at radius 1 is 1.29 bits per heavy atom. The minimum absolute atomic E-state index is 0.163. The molecule has 10 heteroatoms. The maximum absolute atomic E-state index is 13.1. The number of amides is 1. The Kier molecular flexibility index (Phi) is 4.94. The summed E-state index contributed by atoms with van der Waals surface area (Å²) in [5.41, 5.74) is 0.443. The lowest BCUT2D eigenvalue weighted by Gasteiger charge is -2.33. The molecule has 7 nitrogen and oxygen atoms in total. The number of nitrogens with zero attached hydrogens (tertiary/aromatic N) is 6. The van der Waals surface area contributed by atoms with Crippen LogP contribution >= 0.6 is 23.1 Å². The summed E-state index contributed by atoms with van der Waals surface area (Å²) >= 11 is 7.10. The first-order valence-electron chi connectivity index (χ1n) is 8.61. The van der Waals surface area contributed by atoms with E-state index in [-0.39, 0.29) is 17.8 Å². The lowest BCUT2D eigenvalue weighted by molar-refractivity contribution is 0.0638. The van der Waals surface area contributed by atoms with Gasteiger partial charge in [0, 0.05) is 23.7 Å². The molecule has 4 rings (SSSR count). The fourth-order valence-electron chi connectivity index (χ4n) is 3.14. The number of fused-ring (bicyclic) bond motifs is 1. The fourth-order valence-corrected chi connectivity index (χ4v) is 3.88. The van der Waals surface area contributed by atoms with Gasteiger partial charge in [-0.05, 0) is 55.7 Å². The molecule has 144 valence electrons. The number of allylic oxidation sites excluding steroid dienone is 1. The summed E-state index contributed by atoms with van der Waals surface area (Å²) in [5, 5.41) is 9.79. The van der Waals surface area contributed by atoms with Crippen LogP contribution in [0, 0.1) is 5.82 Å². The number of rotatable bonds is 3. The van der Waals surface area contributed by atoms with Crippen molar-refractivity contribution in [1.82, 2.24) is 29.0 Å². The molecular weight excluding hydrogens is 403 g/mol. The molecule has 1 amide bonds. The van der Waals surface area contributed by atoms with Crippen molar-refractivity contribution in [3.63, 3.8) is 0 Å². The summed E-state index contributed by atoms with van der Waals surface area (Å²) in [5.74, 6) is 1.30. The van der Waals surface area contributed by atoms with Gasteiger partial charge in [-0.1, -0.05) is 11.6 Å². The Morgan fingerprint density at radius 3 is 2.75 bits per heavy atom. The molecule has 3 aromatic rings. The van der Waals surface area contributed by atoms with Crippen molar-refractivity contribution in [3.05, 3.63) is 52.3 Å². The molecule has 1 aromatic carbocycles. The molecule has 0 spiro atoms. The molecular formula is C18H16ClFN6OS. The Morgan fingerprint density at radius 2 is 2.04 bits per heavy atom. The van der Waals surface area contributed by atoms with E-state index < -0.39 is 0 Å². The largest absolute Gasteiger partial charge is 0.327 e. The summed E-state index contributed by atoms with van der Waals surface area (Å²) in [6.07, 6.45) is 1.68. The van der Waals surface area contributed by atoms with E-state index in [1.165, 1.54) is 35.8 Å². The quantitative estimate of drug-likeness (QED) is 0.647. The van der Waals surface area contributed by atoms with Crippen LogP contribution in [0.3, 0.4) is 0 Å². The standard InChI is InChI=1S/C18H16ClFN6OS/c1-10(19)9-14-21-17(28-24-14)16-23-22-15-11(2)25(7-8-26(15)16)18(27)12-3-5-13(20)6-4-12/h3-6,9,11H,7-8H2,1-2H3/t11-/m1/s1. The van der Waals surface area contributed by atoms with Gasteiger partial charge in [0.15, 0.2) is 22.5 Å². The van der Waals surface area contributed by atoms with Crippen LogP contribution < -0.4 is 0 Å². The summed E-state index contributed by atoms with van der Waals surface area (Å²) in [6.45, 7) is 4.68. The predicted octanol–water partition coefficient (Wildman–Crippen LogP) is 3.75. The smallest absolute Gasteiger partial charge is 0.254 e. The second-order valence-electron chi connectivity index (χ2n) is 6.40. The van der Waals surface area contributed by atoms with E-state index in [0.29, 0.717) is 46.2 Å². The number of carbonyl (C=O) groups excluding carboxylic acids is 1. The summed E-state index contributed by atoms with van der Waals surface area (Å²) in [4.78, 5) is 19.0. The van der Waals surface area contributed by atoms with Crippen LogP contribution in [0.1, 0.15) is 41.9 Å². The van der Waals surface area contributed by atoms with Crippen molar-refractivity contribution in [2.24, 2.45) is 0 Å². The molecule has 0 saturated heterocycles. The van der Waals surface area contributed by atoms with E-state index in [4.69, 9.17) is 11.6 Å². The SMILES string of the molecule is CC(Cl)=Cc1nsc(-c2nnc3n2CCN(C(=O)c2ccc(F)cc2)[C@@H]3C)n1. The van der Waals surface area contributed by atoms with E-state index in [0.717, 1.165) is 0 Å². The molecule has 0 fully saturated rings. The number of carbonyl (C=O) groups is 1. The Labute approximate surface area is 169 Å². The van der Waals surface area contributed by atoms with Gasteiger partial charge >= 0.3 is 0 Å². The maximum atomic E-state index is 13.1. The zero-order valence-corrected chi connectivity index (χ0v) is 16.7. The monoisotopic (exact) mass is 418 g/mol. The lowest BCUT2D eigenvalue weighted by atomic mass is 10.1. The van der Waals surface area contributed by atoms with Gasteiger partial charge < -0.3 is 9.47 Å². The predicted molar refractivity (Wildman–Crippen MR) is 104 cm³/mol. The molecule has 1 aliphatic heterocycles. The maximum Gasteiger partial charge on any atom is 0.254 e. The molecule has 1 atom stereocenters.